The number of thioether (sulfide) groups is 1. The molecule has 3 unspecified atom stereocenters. The number of benzene rings is 1. The summed E-state index contributed by atoms with van der Waals surface area (Å²) < 4.78 is 0. The highest BCUT2D eigenvalue weighted by Crippen LogP contribution is 2.37. The van der Waals surface area contributed by atoms with Crippen LogP contribution in [0.5, 0.6) is 0 Å². The maximum absolute atomic E-state index is 12.7. The van der Waals surface area contributed by atoms with Gasteiger partial charge >= 0.3 is 0 Å². The summed E-state index contributed by atoms with van der Waals surface area (Å²) in [6.45, 7) is 4.58. The van der Waals surface area contributed by atoms with E-state index in [4.69, 9.17) is 16.6 Å². The van der Waals surface area contributed by atoms with E-state index in [0.29, 0.717) is 28.7 Å². The molecule has 2 aliphatic carbocycles. The predicted molar refractivity (Wildman–Crippen MR) is 118 cm³/mol. The molecule has 1 heterocycles. The number of carbonyl (C=O) groups is 1. The molecule has 0 radical (unpaired) electrons. The fourth-order valence-electron chi connectivity index (χ4n) is 4.69. The second-order valence-electron chi connectivity index (χ2n) is 8.46. The Morgan fingerprint density at radius 1 is 1.21 bits per heavy atom. The lowest BCUT2D eigenvalue weighted by atomic mass is 9.78. The molecular formula is C23H29ClN2OS. The largest absolute Gasteiger partial charge is 0.352 e. The van der Waals surface area contributed by atoms with Gasteiger partial charge in [0.15, 0.2) is 0 Å². The standard InChI is InChI=1S/C23H29ClN2OS/c1-14-6-5-9-19(15(14)2)26-22(27)13-28-23-17-7-3-4-8-20(17)25-21-12-16(24)10-11-18(21)23/h10-12,14-15,19H,3-9,13H2,1-2H3,(H,26,27). The molecule has 0 saturated heterocycles. The molecule has 28 heavy (non-hydrogen) atoms. The maximum Gasteiger partial charge on any atom is 0.230 e. The van der Waals surface area contributed by atoms with Gasteiger partial charge in [-0.15, -0.1) is 11.8 Å². The minimum atomic E-state index is 0.152. The second kappa shape index (κ2) is 8.62. The number of hydrogen-bond acceptors (Lipinski definition) is 3. The van der Waals surface area contributed by atoms with Gasteiger partial charge in [0.2, 0.25) is 5.91 Å². The molecule has 2 aliphatic rings. The van der Waals surface area contributed by atoms with Crippen molar-refractivity contribution in [3.63, 3.8) is 0 Å². The number of nitrogens with one attached hydrogen (secondary N) is 1. The number of aromatic nitrogens is 1. The first kappa shape index (κ1) is 20.0. The van der Waals surface area contributed by atoms with Gasteiger partial charge in [-0.05, 0) is 61.6 Å². The summed E-state index contributed by atoms with van der Waals surface area (Å²) in [5, 5.41) is 5.15. The van der Waals surface area contributed by atoms with E-state index in [1.807, 2.05) is 12.1 Å². The molecule has 0 aliphatic heterocycles. The highest BCUT2D eigenvalue weighted by Gasteiger charge is 2.28. The first-order valence-electron chi connectivity index (χ1n) is 10.6. The Kier molecular flexibility index (Phi) is 6.17. The maximum atomic E-state index is 12.7. The zero-order valence-electron chi connectivity index (χ0n) is 16.8. The molecule has 3 atom stereocenters. The van der Waals surface area contributed by atoms with Crippen molar-refractivity contribution in [2.75, 3.05) is 5.75 Å². The third kappa shape index (κ3) is 4.18. The molecule has 5 heteroatoms. The van der Waals surface area contributed by atoms with Crippen molar-refractivity contribution >= 4 is 40.2 Å². The minimum absolute atomic E-state index is 0.152. The first-order valence-corrected chi connectivity index (χ1v) is 11.9. The van der Waals surface area contributed by atoms with Gasteiger partial charge in [0.25, 0.3) is 0 Å². The topological polar surface area (TPSA) is 42.0 Å². The van der Waals surface area contributed by atoms with E-state index in [1.165, 1.54) is 41.8 Å². The predicted octanol–water partition coefficient (Wildman–Crippen LogP) is 5.80. The molecule has 150 valence electrons. The Bertz CT molecular complexity index is 885. The smallest absolute Gasteiger partial charge is 0.230 e. The van der Waals surface area contributed by atoms with Crippen molar-refractivity contribution in [2.24, 2.45) is 11.8 Å². The van der Waals surface area contributed by atoms with Gasteiger partial charge in [0.05, 0.1) is 11.3 Å². The van der Waals surface area contributed by atoms with E-state index in [1.54, 1.807) is 11.8 Å². The summed E-state index contributed by atoms with van der Waals surface area (Å²) in [5.74, 6) is 1.86. The van der Waals surface area contributed by atoms with Gasteiger partial charge in [0.1, 0.15) is 0 Å². The quantitative estimate of drug-likeness (QED) is 0.640. The number of halogens is 1. The molecule has 1 aromatic heterocycles. The van der Waals surface area contributed by atoms with Crippen LogP contribution in [-0.4, -0.2) is 22.7 Å². The zero-order chi connectivity index (χ0) is 19.7. The molecule has 3 nitrogen and oxygen atoms in total. The lowest BCUT2D eigenvalue weighted by Gasteiger charge is -2.34. The number of carbonyl (C=O) groups excluding carboxylic acids is 1. The van der Waals surface area contributed by atoms with Crippen LogP contribution in [0.25, 0.3) is 10.9 Å². The number of amides is 1. The number of pyridine rings is 1. The summed E-state index contributed by atoms with van der Waals surface area (Å²) >= 11 is 7.88. The van der Waals surface area contributed by atoms with Crippen molar-refractivity contribution < 1.29 is 4.79 Å². The normalized spacial score (nSPS) is 24.8. The third-order valence-corrected chi connectivity index (χ3v) is 7.97. The monoisotopic (exact) mass is 416 g/mol. The highest BCUT2D eigenvalue weighted by atomic mass is 35.5. The fraction of sp³-hybridized carbons (Fsp3) is 0.565. The lowest BCUT2D eigenvalue weighted by molar-refractivity contribution is -0.119. The van der Waals surface area contributed by atoms with E-state index in [9.17, 15) is 4.79 Å². The summed E-state index contributed by atoms with van der Waals surface area (Å²) in [6.07, 6.45) is 8.07. The van der Waals surface area contributed by atoms with E-state index >= 15 is 0 Å². The average molecular weight is 417 g/mol. The number of hydrogen-bond donors (Lipinski definition) is 1. The van der Waals surface area contributed by atoms with Crippen LogP contribution in [-0.2, 0) is 17.6 Å². The van der Waals surface area contributed by atoms with Crippen LogP contribution < -0.4 is 5.32 Å². The van der Waals surface area contributed by atoms with Crippen LogP contribution in [0.2, 0.25) is 5.02 Å². The second-order valence-corrected chi connectivity index (χ2v) is 9.89. The zero-order valence-corrected chi connectivity index (χ0v) is 18.3. The third-order valence-electron chi connectivity index (χ3n) is 6.57. The number of rotatable bonds is 4. The van der Waals surface area contributed by atoms with Crippen LogP contribution >= 0.6 is 23.4 Å². The highest BCUT2D eigenvalue weighted by molar-refractivity contribution is 8.00. The van der Waals surface area contributed by atoms with Crippen LogP contribution in [0.4, 0.5) is 0 Å². The SMILES string of the molecule is CC1CCCC(NC(=O)CSc2c3c(nc4cc(Cl)ccc24)CCCC3)C1C. The van der Waals surface area contributed by atoms with Crippen LogP contribution in [0.1, 0.15) is 57.2 Å². The van der Waals surface area contributed by atoms with Crippen LogP contribution in [0, 0.1) is 11.8 Å². The Hall–Kier alpha value is -1.26. The molecule has 0 spiro atoms. The average Bonchev–Trinajstić information content (AvgIpc) is 2.68. The molecule has 1 aromatic carbocycles. The van der Waals surface area contributed by atoms with Crippen molar-refractivity contribution in [3.8, 4) is 0 Å². The van der Waals surface area contributed by atoms with Crippen LogP contribution in [0.3, 0.4) is 0 Å². The Morgan fingerprint density at radius 2 is 2.04 bits per heavy atom. The van der Waals surface area contributed by atoms with Gasteiger partial charge in [-0.25, -0.2) is 0 Å². The van der Waals surface area contributed by atoms with Gasteiger partial charge in [0, 0.05) is 27.0 Å². The van der Waals surface area contributed by atoms with Gasteiger partial charge < -0.3 is 5.32 Å². The van der Waals surface area contributed by atoms with E-state index in [0.717, 1.165) is 30.2 Å². The summed E-state index contributed by atoms with van der Waals surface area (Å²) in [7, 11) is 0. The Morgan fingerprint density at radius 3 is 2.89 bits per heavy atom. The van der Waals surface area contributed by atoms with Crippen molar-refractivity contribution in [1.29, 1.82) is 0 Å². The van der Waals surface area contributed by atoms with Crippen molar-refractivity contribution in [2.45, 2.75) is 69.7 Å². The summed E-state index contributed by atoms with van der Waals surface area (Å²) in [5.41, 5.74) is 3.49. The van der Waals surface area contributed by atoms with Gasteiger partial charge in [-0.1, -0.05) is 44.4 Å². The Labute approximate surface area is 177 Å². The van der Waals surface area contributed by atoms with E-state index in [2.05, 4.69) is 25.2 Å². The molecule has 2 aromatic rings. The molecule has 0 bridgehead atoms. The number of aryl methyl sites for hydroxylation is 1. The molecule has 1 amide bonds. The van der Waals surface area contributed by atoms with Gasteiger partial charge in [-0.3, -0.25) is 9.78 Å². The first-order chi connectivity index (χ1) is 13.5. The van der Waals surface area contributed by atoms with E-state index < -0.39 is 0 Å². The van der Waals surface area contributed by atoms with Gasteiger partial charge in [-0.2, -0.15) is 0 Å². The van der Waals surface area contributed by atoms with Crippen molar-refractivity contribution in [1.82, 2.24) is 10.3 Å². The number of nitrogens with zero attached hydrogens (tertiary/aromatic N) is 1. The molecule has 1 saturated carbocycles. The minimum Gasteiger partial charge on any atom is -0.352 e. The van der Waals surface area contributed by atoms with Crippen LogP contribution in [0.15, 0.2) is 23.1 Å². The fourth-order valence-corrected chi connectivity index (χ4v) is 5.94. The van der Waals surface area contributed by atoms with E-state index in [-0.39, 0.29) is 5.91 Å². The Balaban J connectivity index is 1.53. The summed E-state index contributed by atoms with van der Waals surface area (Å²) in [4.78, 5) is 18.8. The number of fused-ring (bicyclic) bond motifs is 2. The molecule has 1 fully saturated rings. The molecule has 4 rings (SSSR count). The van der Waals surface area contributed by atoms with Crippen molar-refractivity contribution in [3.05, 3.63) is 34.5 Å². The molecule has 1 N–H and O–H groups in total. The molecular weight excluding hydrogens is 388 g/mol. The lowest BCUT2D eigenvalue weighted by Crippen LogP contribution is -2.44. The summed E-state index contributed by atoms with van der Waals surface area (Å²) in [6, 6.07) is 6.25.